The third-order valence-electron chi connectivity index (χ3n) is 6.02. The average molecular weight is 387 g/mol. The van der Waals surface area contributed by atoms with Crippen molar-refractivity contribution in [2.24, 2.45) is 0 Å². The molecule has 0 amide bonds. The minimum absolute atomic E-state index is 0.128. The van der Waals surface area contributed by atoms with Crippen LogP contribution in [0.5, 0.6) is 0 Å². The van der Waals surface area contributed by atoms with Crippen LogP contribution in [0, 0.1) is 10.4 Å². The lowest BCUT2D eigenvalue weighted by Crippen LogP contribution is -2.55. The predicted octanol–water partition coefficient (Wildman–Crippen LogP) is 6.76. The first kappa shape index (κ1) is 26.8. The lowest BCUT2D eigenvalue weighted by Gasteiger charge is -2.49. The van der Waals surface area contributed by atoms with Crippen LogP contribution in [0.1, 0.15) is 111 Å². The molecule has 0 aromatic carbocycles. The second-order valence-corrected chi connectivity index (χ2v) is 9.19. The topological polar surface area (TPSA) is 46.1 Å². The molecule has 0 N–H and O–H groups in total. The summed E-state index contributed by atoms with van der Waals surface area (Å²) in [6.07, 6.45) is 17.2. The Hall–Kier alpha value is -0.160. The second kappa shape index (κ2) is 15.7. The van der Waals surface area contributed by atoms with Gasteiger partial charge in [0.25, 0.3) is 0 Å². The van der Waals surface area contributed by atoms with E-state index in [-0.39, 0.29) is 15.3 Å². The fourth-order valence-corrected chi connectivity index (χ4v) is 3.83. The summed E-state index contributed by atoms with van der Waals surface area (Å²) in [5.41, 5.74) is 0. The van der Waals surface area contributed by atoms with Gasteiger partial charge in [0.15, 0.2) is 0 Å². The SMILES string of the molecule is CCCCCCCCC[N+](C)([O-])CC(C)[N+](C)([O-])CCCCCCCCC. The van der Waals surface area contributed by atoms with Gasteiger partial charge in [0, 0.05) is 0 Å². The Morgan fingerprint density at radius 3 is 1.41 bits per heavy atom. The Morgan fingerprint density at radius 2 is 0.963 bits per heavy atom. The first-order valence-corrected chi connectivity index (χ1v) is 11.9. The van der Waals surface area contributed by atoms with Gasteiger partial charge in [0.1, 0.15) is 12.6 Å². The molecule has 3 atom stereocenters. The fourth-order valence-electron chi connectivity index (χ4n) is 3.83. The summed E-state index contributed by atoms with van der Waals surface area (Å²) < 4.78 is -0.523. The molecule has 0 bridgehead atoms. The van der Waals surface area contributed by atoms with Crippen molar-refractivity contribution in [2.75, 3.05) is 33.7 Å². The summed E-state index contributed by atoms with van der Waals surface area (Å²) in [5, 5.41) is 25.6. The van der Waals surface area contributed by atoms with Gasteiger partial charge in [-0.1, -0.05) is 78.1 Å². The molecule has 0 aliphatic rings. The largest absolute Gasteiger partial charge is 0.633 e. The molecule has 0 fully saturated rings. The van der Waals surface area contributed by atoms with Crippen molar-refractivity contribution in [3.8, 4) is 0 Å². The minimum Gasteiger partial charge on any atom is -0.633 e. The van der Waals surface area contributed by atoms with Crippen LogP contribution in [-0.4, -0.2) is 49.1 Å². The van der Waals surface area contributed by atoms with Gasteiger partial charge in [-0.05, 0) is 32.6 Å². The number of hydrogen-bond donors (Lipinski definition) is 0. The van der Waals surface area contributed by atoms with Gasteiger partial charge in [-0.25, -0.2) is 0 Å². The lowest BCUT2D eigenvalue weighted by atomic mass is 10.1. The number of hydroxylamine groups is 6. The first-order valence-electron chi connectivity index (χ1n) is 11.9. The summed E-state index contributed by atoms with van der Waals surface area (Å²) >= 11 is 0. The van der Waals surface area contributed by atoms with E-state index in [4.69, 9.17) is 0 Å². The zero-order chi connectivity index (χ0) is 20.6. The number of quaternary nitrogens is 2. The molecule has 0 radical (unpaired) electrons. The highest BCUT2D eigenvalue weighted by atomic mass is 16.6. The third-order valence-corrected chi connectivity index (χ3v) is 6.02. The number of likely N-dealkylation sites (N-methyl/N-ethyl adjacent to an activating group) is 2. The summed E-state index contributed by atoms with van der Waals surface area (Å²) in [5.74, 6) is 0. The smallest absolute Gasteiger partial charge is 0.136 e. The van der Waals surface area contributed by atoms with E-state index in [9.17, 15) is 10.4 Å². The lowest BCUT2D eigenvalue weighted by molar-refractivity contribution is -0.936. The van der Waals surface area contributed by atoms with E-state index in [2.05, 4.69) is 13.8 Å². The summed E-state index contributed by atoms with van der Waals surface area (Å²) in [6.45, 7) is 8.16. The van der Waals surface area contributed by atoms with Crippen LogP contribution in [0.15, 0.2) is 0 Å². The molecule has 0 rings (SSSR count). The Kier molecular flexibility index (Phi) is 15.6. The van der Waals surface area contributed by atoms with Crippen LogP contribution in [0.4, 0.5) is 0 Å². The molecule has 0 saturated heterocycles. The zero-order valence-corrected chi connectivity index (χ0v) is 19.3. The van der Waals surface area contributed by atoms with Crippen LogP contribution < -0.4 is 0 Å². The maximum atomic E-state index is 12.9. The molecule has 27 heavy (non-hydrogen) atoms. The number of hydrogen-bond acceptors (Lipinski definition) is 2. The molecule has 3 unspecified atom stereocenters. The molecule has 164 valence electrons. The van der Waals surface area contributed by atoms with Crippen molar-refractivity contribution in [2.45, 2.75) is 117 Å². The molecule has 0 heterocycles. The summed E-state index contributed by atoms with van der Waals surface area (Å²) in [6, 6.07) is -0.128. The van der Waals surface area contributed by atoms with Gasteiger partial charge in [-0.3, -0.25) is 0 Å². The van der Waals surface area contributed by atoms with E-state index in [1.807, 2.05) is 6.92 Å². The molecule has 0 spiro atoms. The summed E-state index contributed by atoms with van der Waals surface area (Å²) in [7, 11) is 3.51. The van der Waals surface area contributed by atoms with Crippen LogP contribution in [0.2, 0.25) is 0 Å². The normalized spacial score (nSPS) is 17.4. The minimum atomic E-state index is -0.262. The molecule has 4 nitrogen and oxygen atoms in total. The molecule has 0 aromatic rings. The Balaban J connectivity index is 3.95. The van der Waals surface area contributed by atoms with E-state index in [0.717, 1.165) is 25.7 Å². The van der Waals surface area contributed by atoms with Crippen LogP contribution in [0.25, 0.3) is 0 Å². The molecule has 0 aromatic heterocycles. The van der Waals surface area contributed by atoms with Crippen molar-refractivity contribution in [3.63, 3.8) is 0 Å². The van der Waals surface area contributed by atoms with E-state index in [1.165, 1.54) is 64.2 Å². The Morgan fingerprint density at radius 1 is 0.593 bits per heavy atom. The van der Waals surface area contributed by atoms with E-state index in [1.54, 1.807) is 14.1 Å². The van der Waals surface area contributed by atoms with Gasteiger partial charge in [0.05, 0.1) is 27.2 Å². The molecular formula is C23H50N2O2. The second-order valence-electron chi connectivity index (χ2n) is 9.19. The quantitative estimate of drug-likeness (QED) is 0.140. The van der Waals surface area contributed by atoms with Gasteiger partial charge >= 0.3 is 0 Å². The Labute approximate surface area is 170 Å². The highest BCUT2D eigenvalue weighted by molar-refractivity contribution is 4.56. The monoisotopic (exact) mass is 386 g/mol. The predicted molar refractivity (Wildman–Crippen MR) is 119 cm³/mol. The van der Waals surface area contributed by atoms with Gasteiger partial charge in [0.2, 0.25) is 0 Å². The van der Waals surface area contributed by atoms with Gasteiger partial charge in [-0.2, -0.15) is 0 Å². The molecule has 0 aliphatic carbocycles. The van der Waals surface area contributed by atoms with Crippen molar-refractivity contribution in [1.82, 2.24) is 0 Å². The molecule has 0 aliphatic heterocycles. The van der Waals surface area contributed by atoms with E-state index >= 15 is 0 Å². The van der Waals surface area contributed by atoms with Gasteiger partial charge in [-0.15, -0.1) is 0 Å². The van der Waals surface area contributed by atoms with Crippen LogP contribution in [-0.2, 0) is 0 Å². The molecular weight excluding hydrogens is 336 g/mol. The van der Waals surface area contributed by atoms with Crippen LogP contribution in [0.3, 0.4) is 0 Å². The summed E-state index contributed by atoms with van der Waals surface area (Å²) in [4.78, 5) is 0. The van der Waals surface area contributed by atoms with E-state index in [0.29, 0.717) is 19.6 Å². The van der Waals surface area contributed by atoms with Crippen LogP contribution >= 0.6 is 0 Å². The standard InChI is InChI=1S/C23H50N2O2/c1-6-8-10-12-14-16-18-20-24(4,26)22-23(3)25(5,27)21-19-17-15-13-11-9-7-2/h23H,6-22H2,1-5H3. The number of nitrogens with zero attached hydrogens (tertiary/aromatic N) is 2. The van der Waals surface area contributed by atoms with Crippen molar-refractivity contribution < 1.29 is 9.29 Å². The van der Waals surface area contributed by atoms with Crippen molar-refractivity contribution in [1.29, 1.82) is 0 Å². The first-order chi connectivity index (χ1) is 12.7. The maximum Gasteiger partial charge on any atom is 0.136 e. The zero-order valence-electron chi connectivity index (χ0n) is 19.3. The molecule has 0 saturated carbocycles. The third kappa shape index (κ3) is 15.4. The van der Waals surface area contributed by atoms with Gasteiger partial charge < -0.3 is 19.7 Å². The Bertz CT molecular complexity index is 332. The van der Waals surface area contributed by atoms with Crippen molar-refractivity contribution >= 4 is 0 Å². The number of rotatable bonds is 19. The number of unbranched alkanes of at least 4 members (excludes halogenated alkanes) is 12. The maximum absolute atomic E-state index is 12.9. The van der Waals surface area contributed by atoms with Crippen molar-refractivity contribution in [3.05, 3.63) is 10.4 Å². The highest BCUT2D eigenvalue weighted by Gasteiger charge is 2.25. The average Bonchev–Trinajstić information content (AvgIpc) is 2.59. The molecule has 4 heteroatoms. The van der Waals surface area contributed by atoms with E-state index < -0.39 is 0 Å². The fraction of sp³-hybridized carbons (Fsp3) is 1.00. The highest BCUT2D eigenvalue weighted by Crippen LogP contribution is 2.17.